The third kappa shape index (κ3) is 3.34. The van der Waals surface area contributed by atoms with Gasteiger partial charge in [0.05, 0.1) is 6.04 Å². The molecule has 0 aromatic carbocycles. The molecule has 0 bridgehead atoms. The minimum atomic E-state index is -0.464. The smallest absolute Gasteiger partial charge is 0.244 e. The Labute approximate surface area is 115 Å². The molecule has 1 atom stereocenters. The number of hydrogen-bond acceptors (Lipinski definition) is 5. The summed E-state index contributed by atoms with van der Waals surface area (Å²) in [4.78, 5) is 4.48. The van der Waals surface area contributed by atoms with Gasteiger partial charge < -0.3 is 15.0 Å². The molecule has 0 saturated heterocycles. The van der Waals surface area contributed by atoms with Gasteiger partial charge in [-0.2, -0.15) is 4.98 Å². The number of ether oxygens (including phenoxy) is 1. The van der Waals surface area contributed by atoms with Crippen molar-refractivity contribution < 1.29 is 9.26 Å². The van der Waals surface area contributed by atoms with Gasteiger partial charge in [-0.25, -0.2) is 0 Å². The molecular weight excluding hydrogens is 242 g/mol. The number of nitrogens with two attached hydrogens (primary N) is 1. The summed E-state index contributed by atoms with van der Waals surface area (Å²) in [6.45, 7) is 12.9. The summed E-state index contributed by atoms with van der Waals surface area (Å²) >= 11 is 0. The second-order valence-corrected chi connectivity index (χ2v) is 5.93. The van der Waals surface area contributed by atoms with Gasteiger partial charge in [-0.1, -0.05) is 39.8 Å². The van der Waals surface area contributed by atoms with E-state index in [0.29, 0.717) is 18.3 Å². The van der Waals surface area contributed by atoms with Crippen molar-refractivity contribution in [2.45, 2.75) is 66.0 Å². The van der Waals surface area contributed by atoms with Crippen molar-refractivity contribution in [2.24, 2.45) is 11.1 Å². The maximum absolute atomic E-state index is 6.15. The summed E-state index contributed by atoms with van der Waals surface area (Å²) in [6, 6.07) is -0.276. The highest BCUT2D eigenvalue weighted by Crippen LogP contribution is 2.34. The van der Waals surface area contributed by atoms with Gasteiger partial charge in [-0.3, -0.25) is 0 Å². The zero-order valence-corrected chi connectivity index (χ0v) is 13.0. The first-order chi connectivity index (χ1) is 8.80. The second kappa shape index (κ2) is 6.01. The van der Waals surface area contributed by atoms with Crippen molar-refractivity contribution in [3.63, 3.8) is 0 Å². The molecule has 0 saturated carbocycles. The van der Waals surface area contributed by atoms with Crippen LogP contribution in [0, 0.1) is 5.41 Å². The molecule has 1 aromatic heterocycles. The lowest BCUT2D eigenvalue weighted by Crippen LogP contribution is -2.30. The van der Waals surface area contributed by atoms with Gasteiger partial charge in [0, 0.05) is 6.61 Å². The normalized spacial score (nSPS) is 14.7. The highest BCUT2D eigenvalue weighted by Gasteiger charge is 2.36. The summed E-state index contributed by atoms with van der Waals surface area (Å²) in [5, 5.41) is 4.09. The quantitative estimate of drug-likeness (QED) is 0.858. The summed E-state index contributed by atoms with van der Waals surface area (Å²) in [5.74, 6) is 1.09. The molecular formula is C14H27N3O2. The van der Waals surface area contributed by atoms with E-state index in [1.54, 1.807) is 0 Å². The van der Waals surface area contributed by atoms with Crippen LogP contribution in [0.15, 0.2) is 4.52 Å². The predicted octanol–water partition coefficient (Wildman–Crippen LogP) is 3.17. The van der Waals surface area contributed by atoms with Crippen LogP contribution < -0.4 is 5.73 Å². The topological polar surface area (TPSA) is 74.2 Å². The molecule has 5 heteroatoms. The minimum absolute atomic E-state index is 0.115. The Morgan fingerprint density at radius 3 is 2.21 bits per heavy atom. The number of aromatic nitrogens is 2. The number of nitrogens with zero attached hydrogens (tertiary/aromatic N) is 2. The van der Waals surface area contributed by atoms with E-state index in [2.05, 4.69) is 44.8 Å². The van der Waals surface area contributed by atoms with E-state index in [1.165, 1.54) is 0 Å². The third-order valence-electron chi connectivity index (χ3n) is 3.61. The molecule has 1 heterocycles. The van der Waals surface area contributed by atoms with Crippen molar-refractivity contribution in [3.8, 4) is 0 Å². The van der Waals surface area contributed by atoms with Crippen molar-refractivity contribution in [3.05, 3.63) is 11.7 Å². The SMILES string of the molecule is CCOC(CC)(CC)c1noc(C(N)C(C)(C)C)n1. The Hall–Kier alpha value is -0.940. The maximum atomic E-state index is 6.15. The van der Waals surface area contributed by atoms with Crippen LogP contribution in [0.5, 0.6) is 0 Å². The van der Waals surface area contributed by atoms with Gasteiger partial charge in [0.2, 0.25) is 11.7 Å². The first-order valence-electron chi connectivity index (χ1n) is 7.04. The van der Waals surface area contributed by atoms with E-state index < -0.39 is 5.60 Å². The zero-order chi connectivity index (χ0) is 14.7. The average Bonchev–Trinajstić information content (AvgIpc) is 2.84. The summed E-state index contributed by atoms with van der Waals surface area (Å²) < 4.78 is 11.2. The van der Waals surface area contributed by atoms with Crippen LogP contribution in [-0.4, -0.2) is 16.7 Å². The first kappa shape index (κ1) is 16.1. The molecule has 1 aromatic rings. The van der Waals surface area contributed by atoms with Crippen LogP contribution in [0.25, 0.3) is 0 Å². The predicted molar refractivity (Wildman–Crippen MR) is 74.6 cm³/mol. The molecule has 5 nitrogen and oxygen atoms in total. The Balaban J connectivity index is 3.06. The lowest BCUT2D eigenvalue weighted by molar-refractivity contribution is -0.0583. The molecule has 1 rings (SSSR count). The summed E-state index contributed by atoms with van der Waals surface area (Å²) in [7, 11) is 0. The molecule has 1 unspecified atom stereocenters. The largest absolute Gasteiger partial charge is 0.367 e. The molecule has 0 amide bonds. The van der Waals surface area contributed by atoms with Gasteiger partial charge in [0.15, 0.2) is 0 Å². The maximum Gasteiger partial charge on any atom is 0.244 e. The Morgan fingerprint density at radius 1 is 1.21 bits per heavy atom. The fraction of sp³-hybridized carbons (Fsp3) is 0.857. The van der Waals surface area contributed by atoms with Gasteiger partial charge in [0.1, 0.15) is 5.60 Å². The highest BCUT2D eigenvalue weighted by atomic mass is 16.5. The van der Waals surface area contributed by atoms with Crippen LogP contribution in [0.1, 0.15) is 72.1 Å². The average molecular weight is 269 g/mol. The second-order valence-electron chi connectivity index (χ2n) is 5.93. The van der Waals surface area contributed by atoms with Crippen molar-refractivity contribution in [2.75, 3.05) is 6.61 Å². The lowest BCUT2D eigenvalue weighted by Gasteiger charge is -2.28. The minimum Gasteiger partial charge on any atom is -0.367 e. The summed E-state index contributed by atoms with van der Waals surface area (Å²) in [6.07, 6.45) is 1.61. The van der Waals surface area contributed by atoms with Crippen molar-refractivity contribution >= 4 is 0 Å². The molecule has 19 heavy (non-hydrogen) atoms. The fourth-order valence-electron chi connectivity index (χ4n) is 2.03. The molecule has 2 N–H and O–H groups in total. The lowest BCUT2D eigenvalue weighted by atomic mass is 9.87. The van der Waals surface area contributed by atoms with Gasteiger partial charge in [0.25, 0.3) is 0 Å². The Bertz CT molecular complexity index is 392. The molecule has 0 fully saturated rings. The van der Waals surface area contributed by atoms with Gasteiger partial charge in [-0.05, 0) is 25.2 Å². The van der Waals surface area contributed by atoms with Crippen LogP contribution in [0.3, 0.4) is 0 Å². The van der Waals surface area contributed by atoms with E-state index in [9.17, 15) is 0 Å². The summed E-state index contributed by atoms with van der Waals surface area (Å²) in [5.41, 5.74) is 5.57. The van der Waals surface area contributed by atoms with E-state index in [1.807, 2.05) is 6.92 Å². The van der Waals surface area contributed by atoms with Gasteiger partial charge in [-0.15, -0.1) is 0 Å². The highest BCUT2D eigenvalue weighted by molar-refractivity contribution is 5.04. The molecule has 0 aliphatic rings. The zero-order valence-electron chi connectivity index (χ0n) is 13.0. The standard InChI is InChI=1S/C14H27N3O2/c1-7-14(8-2,18-9-3)12-16-11(19-17-12)10(15)13(4,5)6/h10H,7-9,15H2,1-6H3. The van der Waals surface area contributed by atoms with E-state index >= 15 is 0 Å². The van der Waals surface area contributed by atoms with E-state index in [4.69, 9.17) is 15.0 Å². The Kier molecular flexibility index (Phi) is 5.10. The van der Waals surface area contributed by atoms with Crippen LogP contribution in [0.4, 0.5) is 0 Å². The first-order valence-corrected chi connectivity index (χ1v) is 7.04. The number of rotatable bonds is 6. The molecule has 110 valence electrons. The molecule has 0 aliphatic heterocycles. The van der Waals surface area contributed by atoms with Crippen LogP contribution >= 0.6 is 0 Å². The molecule has 0 spiro atoms. The molecule has 0 aliphatic carbocycles. The monoisotopic (exact) mass is 269 g/mol. The Morgan fingerprint density at radius 2 is 1.79 bits per heavy atom. The van der Waals surface area contributed by atoms with E-state index in [-0.39, 0.29) is 11.5 Å². The van der Waals surface area contributed by atoms with Crippen LogP contribution in [-0.2, 0) is 10.3 Å². The van der Waals surface area contributed by atoms with Crippen molar-refractivity contribution in [1.82, 2.24) is 10.1 Å². The van der Waals surface area contributed by atoms with Crippen molar-refractivity contribution in [1.29, 1.82) is 0 Å². The third-order valence-corrected chi connectivity index (χ3v) is 3.61. The van der Waals surface area contributed by atoms with Gasteiger partial charge >= 0.3 is 0 Å². The van der Waals surface area contributed by atoms with Crippen LogP contribution in [0.2, 0.25) is 0 Å². The number of hydrogen-bond donors (Lipinski definition) is 1. The van der Waals surface area contributed by atoms with E-state index in [0.717, 1.165) is 12.8 Å². The molecule has 0 radical (unpaired) electrons. The fourth-order valence-corrected chi connectivity index (χ4v) is 2.03.